The average molecular weight is 464 g/mol. The van der Waals surface area contributed by atoms with E-state index in [1.54, 1.807) is 36.6 Å². The summed E-state index contributed by atoms with van der Waals surface area (Å²) < 4.78 is 8.22. The Morgan fingerprint density at radius 2 is 2.22 bits per heavy atom. The largest absolute Gasteiger partial charge is 0.496 e. The maximum atomic E-state index is 12.6. The van der Waals surface area contributed by atoms with Gasteiger partial charge in [0.25, 0.3) is 0 Å². The van der Waals surface area contributed by atoms with Crippen LogP contribution in [0.2, 0.25) is 0 Å². The van der Waals surface area contributed by atoms with Gasteiger partial charge in [-0.05, 0) is 58.4 Å². The Morgan fingerprint density at radius 3 is 2.89 bits per heavy atom. The maximum Gasteiger partial charge on any atom is 0.191 e. The lowest BCUT2D eigenvalue weighted by Gasteiger charge is -2.08. The fraction of sp³-hybridized carbons (Fsp3) is 0.316. The molecule has 0 saturated heterocycles. The second-order valence-corrected chi connectivity index (χ2v) is 9.15. The Labute approximate surface area is 174 Å². The molecule has 0 radical (unpaired) electrons. The Kier molecular flexibility index (Phi) is 5.66. The van der Waals surface area contributed by atoms with Gasteiger partial charge in [-0.1, -0.05) is 17.8 Å². The lowest BCUT2D eigenvalue weighted by Crippen LogP contribution is -2.06. The Balaban J connectivity index is 1.47. The van der Waals surface area contributed by atoms with Gasteiger partial charge in [0, 0.05) is 22.9 Å². The minimum absolute atomic E-state index is 0.0634. The first-order chi connectivity index (χ1) is 13.2. The van der Waals surface area contributed by atoms with Gasteiger partial charge < -0.3 is 9.30 Å². The highest BCUT2D eigenvalue weighted by molar-refractivity contribution is 9.10. The summed E-state index contributed by atoms with van der Waals surface area (Å²) in [6, 6.07) is 10.0. The van der Waals surface area contributed by atoms with Crippen LogP contribution < -0.4 is 4.74 Å². The van der Waals surface area contributed by atoms with Crippen molar-refractivity contribution in [1.82, 2.24) is 14.8 Å². The van der Waals surface area contributed by atoms with Crippen LogP contribution in [0, 0.1) is 0 Å². The summed E-state index contributed by atoms with van der Waals surface area (Å²) in [6.45, 7) is 0. The van der Waals surface area contributed by atoms with E-state index in [-0.39, 0.29) is 5.78 Å². The topological polar surface area (TPSA) is 57.0 Å². The van der Waals surface area contributed by atoms with E-state index < -0.39 is 0 Å². The predicted molar refractivity (Wildman–Crippen MR) is 111 cm³/mol. The number of rotatable bonds is 8. The lowest BCUT2D eigenvalue weighted by molar-refractivity contribution is 0.102. The summed E-state index contributed by atoms with van der Waals surface area (Å²) >= 11 is 6.63. The molecule has 0 unspecified atom stereocenters. The summed E-state index contributed by atoms with van der Waals surface area (Å²) in [4.78, 5) is 13.9. The van der Waals surface area contributed by atoms with Gasteiger partial charge in [-0.2, -0.15) is 0 Å². The van der Waals surface area contributed by atoms with Gasteiger partial charge in [0.15, 0.2) is 10.9 Å². The van der Waals surface area contributed by atoms with E-state index in [0.717, 1.165) is 34.7 Å². The van der Waals surface area contributed by atoms with Crippen LogP contribution in [0.3, 0.4) is 0 Å². The average Bonchev–Trinajstić information content (AvgIpc) is 3.22. The van der Waals surface area contributed by atoms with Gasteiger partial charge in [0.2, 0.25) is 0 Å². The van der Waals surface area contributed by atoms with Gasteiger partial charge in [-0.25, -0.2) is 0 Å². The molecule has 140 valence electrons. The van der Waals surface area contributed by atoms with E-state index in [2.05, 4.69) is 48.2 Å². The lowest BCUT2D eigenvalue weighted by atomic mass is 10.1. The number of carbonyl (C=O) groups excluding carboxylic acids is 1. The van der Waals surface area contributed by atoms with Crippen molar-refractivity contribution in [2.24, 2.45) is 0 Å². The Hall–Kier alpha value is -1.64. The molecule has 1 saturated carbocycles. The van der Waals surface area contributed by atoms with Crippen molar-refractivity contribution in [3.63, 3.8) is 0 Å². The van der Waals surface area contributed by atoms with Crippen LogP contribution in [0.4, 0.5) is 0 Å². The fourth-order valence-electron chi connectivity index (χ4n) is 2.85. The number of ether oxygens (including phenoxy) is 1. The first kappa shape index (κ1) is 18.7. The molecule has 1 aliphatic rings. The highest BCUT2D eigenvalue weighted by atomic mass is 79.9. The number of hydrogen-bond acceptors (Lipinski definition) is 6. The molecule has 0 spiro atoms. The molecule has 8 heteroatoms. The number of ketones is 1. The standard InChI is InChI=1S/C19H18BrN3O2S2/c1-25-17-7-4-12(9-15(17)20)16(24)11-27-19-22-21-18(23(19)13-5-6-13)10-14-3-2-8-26-14/h2-4,7-9,13H,5-6,10-11H2,1H3. The van der Waals surface area contributed by atoms with Crippen LogP contribution in [0.15, 0.2) is 45.3 Å². The number of thiophene rings is 1. The van der Waals surface area contributed by atoms with Crippen LogP contribution in [-0.4, -0.2) is 33.4 Å². The molecule has 0 bridgehead atoms. The minimum Gasteiger partial charge on any atom is -0.496 e. The van der Waals surface area contributed by atoms with Crippen molar-refractivity contribution in [1.29, 1.82) is 0 Å². The van der Waals surface area contributed by atoms with Crippen LogP contribution in [-0.2, 0) is 6.42 Å². The number of methoxy groups -OCH3 is 1. The van der Waals surface area contributed by atoms with Crippen molar-refractivity contribution in [2.75, 3.05) is 12.9 Å². The molecule has 0 atom stereocenters. The van der Waals surface area contributed by atoms with Crippen molar-refractivity contribution in [3.8, 4) is 5.75 Å². The zero-order chi connectivity index (χ0) is 18.8. The fourth-order valence-corrected chi connectivity index (χ4v) is 5.01. The van der Waals surface area contributed by atoms with Crippen molar-refractivity contribution < 1.29 is 9.53 Å². The van der Waals surface area contributed by atoms with Crippen LogP contribution in [0.5, 0.6) is 5.75 Å². The monoisotopic (exact) mass is 463 g/mol. The van der Waals surface area contributed by atoms with Crippen LogP contribution in [0.25, 0.3) is 0 Å². The van der Waals surface area contributed by atoms with E-state index in [0.29, 0.717) is 23.1 Å². The Morgan fingerprint density at radius 1 is 1.37 bits per heavy atom. The first-order valence-electron chi connectivity index (χ1n) is 8.61. The first-order valence-corrected chi connectivity index (χ1v) is 11.3. The molecule has 1 fully saturated rings. The number of aromatic nitrogens is 3. The molecule has 2 heterocycles. The SMILES string of the molecule is COc1ccc(C(=O)CSc2nnc(Cc3cccs3)n2C2CC2)cc1Br. The molecule has 27 heavy (non-hydrogen) atoms. The molecule has 0 N–H and O–H groups in total. The summed E-state index contributed by atoms with van der Waals surface area (Å²) in [5, 5.41) is 11.7. The maximum absolute atomic E-state index is 12.6. The van der Waals surface area contributed by atoms with Gasteiger partial charge in [0.05, 0.1) is 17.3 Å². The summed E-state index contributed by atoms with van der Waals surface area (Å²) in [6.07, 6.45) is 3.10. The second kappa shape index (κ2) is 8.16. The molecule has 4 rings (SSSR count). The molecule has 5 nitrogen and oxygen atoms in total. The van der Waals surface area contributed by atoms with E-state index >= 15 is 0 Å². The highest BCUT2D eigenvalue weighted by Crippen LogP contribution is 2.39. The third-order valence-corrected chi connectivity index (χ3v) is 6.80. The number of benzene rings is 1. The molecule has 2 aromatic heterocycles. The van der Waals surface area contributed by atoms with Crippen molar-refractivity contribution >= 4 is 44.8 Å². The van der Waals surface area contributed by atoms with Gasteiger partial charge >= 0.3 is 0 Å². The van der Waals surface area contributed by atoms with Gasteiger partial charge in [0.1, 0.15) is 11.6 Å². The highest BCUT2D eigenvalue weighted by Gasteiger charge is 2.30. The normalized spacial score (nSPS) is 13.7. The third-order valence-electron chi connectivity index (χ3n) is 4.37. The number of Topliss-reactive ketones (excluding diaryl/α,β-unsaturated/α-hetero) is 1. The number of hydrogen-bond donors (Lipinski definition) is 0. The number of thioether (sulfide) groups is 1. The van der Waals surface area contributed by atoms with Crippen molar-refractivity contribution in [3.05, 3.63) is 56.4 Å². The van der Waals surface area contributed by atoms with E-state index in [1.165, 1.54) is 16.6 Å². The Bertz CT molecular complexity index is 952. The molecular formula is C19H18BrN3O2S2. The van der Waals surface area contributed by atoms with Gasteiger partial charge in [-0.3, -0.25) is 4.79 Å². The molecule has 1 aliphatic carbocycles. The number of halogens is 1. The van der Waals surface area contributed by atoms with Crippen LogP contribution in [0.1, 0.15) is 39.9 Å². The van der Waals surface area contributed by atoms with Crippen LogP contribution >= 0.6 is 39.0 Å². The van der Waals surface area contributed by atoms with E-state index in [4.69, 9.17) is 4.74 Å². The zero-order valence-corrected chi connectivity index (χ0v) is 17.9. The molecular weight excluding hydrogens is 446 g/mol. The smallest absolute Gasteiger partial charge is 0.191 e. The molecule has 0 amide bonds. The zero-order valence-electron chi connectivity index (χ0n) is 14.7. The summed E-state index contributed by atoms with van der Waals surface area (Å²) in [5.41, 5.74) is 0.659. The van der Waals surface area contributed by atoms with Crippen molar-refractivity contribution in [2.45, 2.75) is 30.5 Å². The predicted octanol–water partition coefficient (Wildman–Crippen LogP) is 5.01. The van der Waals surface area contributed by atoms with Gasteiger partial charge in [-0.15, -0.1) is 21.5 Å². The number of carbonyl (C=O) groups is 1. The quantitative estimate of drug-likeness (QED) is 0.347. The molecule has 3 aromatic rings. The number of nitrogens with zero attached hydrogens (tertiary/aromatic N) is 3. The van der Waals surface area contributed by atoms with E-state index in [1.807, 2.05) is 0 Å². The second-order valence-electron chi connectivity index (χ2n) is 6.32. The molecule has 0 aliphatic heterocycles. The minimum atomic E-state index is 0.0634. The summed E-state index contributed by atoms with van der Waals surface area (Å²) in [7, 11) is 1.61. The van der Waals surface area contributed by atoms with E-state index in [9.17, 15) is 4.79 Å². The summed E-state index contributed by atoms with van der Waals surface area (Å²) in [5.74, 6) is 2.10. The molecule has 1 aromatic carbocycles. The third kappa shape index (κ3) is 4.28.